The number of benzene rings is 1. The minimum Gasteiger partial charge on any atom is -0.399 e. The SMILES string of the molecule is CC.CC.CC.Nc1cc(C2CCNCC2)cc(C(F)(F)F)c1. The van der Waals surface area contributed by atoms with Crippen LogP contribution >= 0.6 is 0 Å². The average Bonchev–Trinajstić information content (AvgIpc) is 2.60. The Morgan fingerprint density at radius 2 is 1.39 bits per heavy atom. The Labute approximate surface area is 139 Å². The predicted molar refractivity (Wildman–Crippen MR) is 94.7 cm³/mol. The molecule has 1 saturated heterocycles. The van der Waals surface area contributed by atoms with E-state index >= 15 is 0 Å². The summed E-state index contributed by atoms with van der Waals surface area (Å²) in [5, 5.41) is 3.19. The molecule has 0 saturated carbocycles. The van der Waals surface area contributed by atoms with Gasteiger partial charge in [0.2, 0.25) is 0 Å². The molecule has 2 rings (SSSR count). The molecular weight excluding hydrogens is 301 g/mol. The Morgan fingerprint density at radius 1 is 0.913 bits per heavy atom. The zero-order valence-electron chi connectivity index (χ0n) is 15.3. The molecule has 0 radical (unpaired) electrons. The number of nitrogen functional groups attached to an aromatic ring is 1. The molecule has 0 aliphatic carbocycles. The summed E-state index contributed by atoms with van der Waals surface area (Å²) in [6, 6.07) is 3.88. The smallest absolute Gasteiger partial charge is 0.399 e. The molecule has 2 nitrogen and oxygen atoms in total. The Morgan fingerprint density at radius 3 is 1.83 bits per heavy atom. The number of hydrogen-bond acceptors (Lipinski definition) is 2. The lowest BCUT2D eigenvalue weighted by atomic mass is 9.89. The third-order valence-corrected chi connectivity index (χ3v) is 3.12. The average molecular weight is 334 g/mol. The molecule has 5 heteroatoms. The van der Waals surface area contributed by atoms with E-state index in [1.165, 1.54) is 6.07 Å². The largest absolute Gasteiger partial charge is 0.416 e. The van der Waals surface area contributed by atoms with Crippen LogP contribution in [0.4, 0.5) is 18.9 Å². The molecular formula is C18H33F3N2. The number of anilines is 1. The van der Waals surface area contributed by atoms with Crippen molar-refractivity contribution in [1.82, 2.24) is 5.32 Å². The van der Waals surface area contributed by atoms with E-state index in [2.05, 4.69) is 5.32 Å². The lowest BCUT2D eigenvalue weighted by Crippen LogP contribution is -2.26. The van der Waals surface area contributed by atoms with Crippen LogP contribution in [-0.4, -0.2) is 13.1 Å². The van der Waals surface area contributed by atoms with Gasteiger partial charge < -0.3 is 11.1 Å². The summed E-state index contributed by atoms with van der Waals surface area (Å²) in [5.41, 5.74) is 5.80. The van der Waals surface area contributed by atoms with E-state index in [0.29, 0.717) is 5.56 Å². The second-order valence-electron chi connectivity index (χ2n) is 4.41. The number of nitrogens with one attached hydrogen (secondary N) is 1. The number of nitrogens with two attached hydrogens (primary N) is 1. The molecule has 0 bridgehead atoms. The summed E-state index contributed by atoms with van der Waals surface area (Å²) in [6.45, 7) is 13.7. The Kier molecular flexibility index (Phi) is 13.8. The fourth-order valence-corrected chi connectivity index (χ4v) is 2.23. The molecule has 1 aliphatic heterocycles. The van der Waals surface area contributed by atoms with Gasteiger partial charge in [-0.25, -0.2) is 0 Å². The molecule has 23 heavy (non-hydrogen) atoms. The molecule has 1 aliphatic rings. The minimum absolute atomic E-state index is 0.181. The van der Waals surface area contributed by atoms with Crippen LogP contribution in [0, 0.1) is 0 Å². The standard InChI is InChI=1S/C12H15F3N2.3C2H6/c13-12(14,15)10-5-9(6-11(16)7-10)8-1-3-17-4-2-8;3*1-2/h5-8,17H,1-4,16H2;3*1-2H3. The van der Waals surface area contributed by atoms with E-state index < -0.39 is 11.7 Å². The van der Waals surface area contributed by atoms with E-state index in [1.54, 1.807) is 6.07 Å². The number of alkyl halides is 3. The van der Waals surface area contributed by atoms with Crippen molar-refractivity contribution in [2.75, 3.05) is 18.8 Å². The van der Waals surface area contributed by atoms with Crippen LogP contribution < -0.4 is 11.1 Å². The maximum atomic E-state index is 12.6. The van der Waals surface area contributed by atoms with Crippen LogP contribution in [0.25, 0.3) is 0 Å². The van der Waals surface area contributed by atoms with Gasteiger partial charge in [0.25, 0.3) is 0 Å². The molecule has 1 heterocycles. The second kappa shape index (κ2) is 13.2. The lowest BCUT2D eigenvalue weighted by Gasteiger charge is -2.24. The van der Waals surface area contributed by atoms with Crippen molar-refractivity contribution in [3.05, 3.63) is 29.3 Å². The molecule has 1 aromatic carbocycles. The maximum absolute atomic E-state index is 12.6. The third kappa shape index (κ3) is 8.84. The zero-order chi connectivity index (χ0) is 18.5. The van der Waals surface area contributed by atoms with Gasteiger partial charge >= 0.3 is 6.18 Å². The molecule has 3 N–H and O–H groups in total. The topological polar surface area (TPSA) is 38.0 Å². The predicted octanol–water partition coefficient (Wildman–Crippen LogP) is 5.83. The van der Waals surface area contributed by atoms with Crippen LogP contribution in [-0.2, 0) is 6.18 Å². The van der Waals surface area contributed by atoms with Crippen molar-refractivity contribution in [2.45, 2.75) is 66.5 Å². The third-order valence-electron chi connectivity index (χ3n) is 3.12. The van der Waals surface area contributed by atoms with E-state index in [4.69, 9.17) is 5.73 Å². The fourth-order valence-electron chi connectivity index (χ4n) is 2.23. The highest BCUT2D eigenvalue weighted by atomic mass is 19.4. The van der Waals surface area contributed by atoms with Crippen molar-refractivity contribution in [2.24, 2.45) is 0 Å². The van der Waals surface area contributed by atoms with Gasteiger partial charge in [0, 0.05) is 5.69 Å². The summed E-state index contributed by atoms with van der Waals surface area (Å²) in [5.74, 6) is 0.181. The second-order valence-corrected chi connectivity index (χ2v) is 4.41. The summed E-state index contributed by atoms with van der Waals surface area (Å²) in [6.07, 6.45) is -2.60. The van der Waals surface area contributed by atoms with Crippen LogP contribution in [0.1, 0.15) is 71.4 Å². The molecule has 0 aromatic heterocycles. The fraction of sp³-hybridized carbons (Fsp3) is 0.667. The van der Waals surface area contributed by atoms with E-state index in [-0.39, 0.29) is 11.6 Å². The summed E-state index contributed by atoms with van der Waals surface area (Å²) in [7, 11) is 0. The van der Waals surface area contributed by atoms with E-state index in [0.717, 1.165) is 32.0 Å². The van der Waals surface area contributed by atoms with Gasteiger partial charge in [-0.05, 0) is 55.6 Å². The van der Waals surface area contributed by atoms with Crippen molar-refractivity contribution in [3.8, 4) is 0 Å². The summed E-state index contributed by atoms with van der Waals surface area (Å²) >= 11 is 0. The summed E-state index contributed by atoms with van der Waals surface area (Å²) < 4.78 is 37.9. The van der Waals surface area contributed by atoms with E-state index in [1.807, 2.05) is 41.5 Å². The van der Waals surface area contributed by atoms with Gasteiger partial charge in [-0.15, -0.1) is 0 Å². The first kappa shape index (κ1) is 24.0. The van der Waals surface area contributed by atoms with Crippen LogP contribution in [0.5, 0.6) is 0 Å². The van der Waals surface area contributed by atoms with Crippen LogP contribution in [0.2, 0.25) is 0 Å². The first-order valence-corrected chi connectivity index (χ1v) is 8.65. The van der Waals surface area contributed by atoms with Gasteiger partial charge in [0.05, 0.1) is 5.56 Å². The first-order chi connectivity index (χ1) is 11.0. The highest BCUT2D eigenvalue weighted by molar-refractivity contribution is 5.46. The highest BCUT2D eigenvalue weighted by Gasteiger charge is 2.31. The monoisotopic (exact) mass is 334 g/mol. The molecule has 0 atom stereocenters. The van der Waals surface area contributed by atoms with Gasteiger partial charge in [0.1, 0.15) is 0 Å². The van der Waals surface area contributed by atoms with Crippen molar-refractivity contribution in [3.63, 3.8) is 0 Å². The molecule has 0 amide bonds. The zero-order valence-corrected chi connectivity index (χ0v) is 15.3. The highest BCUT2D eigenvalue weighted by Crippen LogP contribution is 2.34. The van der Waals surface area contributed by atoms with Crippen molar-refractivity contribution < 1.29 is 13.2 Å². The number of piperidine rings is 1. The minimum atomic E-state index is -4.32. The van der Waals surface area contributed by atoms with Gasteiger partial charge in [-0.3, -0.25) is 0 Å². The van der Waals surface area contributed by atoms with Gasteiger partial charge in [-0.2, -0.15) is 13.2 Å². The number of hydrogen-bond donors (Lipinski definition) is 2. The Hall–Kier alpha value is -1.23. The summed E-state index contributed by atoms with van der Waals surface area (Å²) in [4.78, 5) is 0. The van der Waals surface area contributed by atoms with Crippen LogP contribution in [0.3, 0.4) is 0 Å². The molecule has 1 aromatic rings. The first-order valence-electron chi connectivity index (χ1n) is 8.65. The van der Waals surface area contributed by atoms with Crippen LogP contribution in [0.15, 0.2) is 18.2 Å². The van der Waals surface area contributed by atoms with E-state index in [9.17, 15) is 13.2 Å². The Balaban J connectivity index is 0. The normalized spacial score (nSPS) is 14.3. The Bertz CT molecular complexity index is 398. The molecule has 0 spiro atoms. The van der Waals surface area contributed by atoms with Crippen molar-refractivity contribution >= 4 is 5.69 Å². The maximum Gasteiger partial charge on any atom is 0.416 e. The lowest BCUT2D eigenvalue weighted by molar-refractivity contribution is -0.137. The number of rotatable bonds is 1. The molecule has 0 unspecified atom stereocenters. The molecule has 1 fully saturated rings. The van der Waals surface area contributed by atoms with Gasteiger partial charge in [-0.1, -0.05) is 41.5 Å². The van der Waals surface area contributed by atoms with Gasteiger partial charge in [0.15, 0.2) is 0 Å². The quantitative estimate of drug-likeness (QED) is 0.634. The molecule has 136 valence electrons. The van der Waals surface area contributed by atoms with Crippen molar-refractivity contribution in [1.29, 1.82) is 0 Å². The number of halogens is 3.